The zero-order valence-electron chi connectivity index (χ0n) is 14.1. The Hall–Kier alpha value is -2.56. The van der Waals surface area contributed by atoms with E-state index in [-0.39, 0.29) is 17.7 Å². The zero-order valence-corrected chi connectivity index (χ0v) is 14.1. The predicted octanol–water partition coefficient (Wildman–Crippen LogP) is 3.87. The number of para-hydroxylation sites is 1. The first kappa shape index (κ1) is 17.8. The van der Waals surface area contributed by atoms with Crippen LogP contribution < -0.4 is 14.8 Å². The average molecular weight is 331 g/mol. The number of methoxy groups -OCH3 is 1. The first-order valence-electron chi connectivity index (χ1n) is 7.90. The first-order valence-corrected chi connectivity index (χ1v) is 7.90. The van der Waals surface area contributed by atoms with Crippen molar-refractivity contribution in [2.24, 2.45) is 0 Å². The summed E-state index contributed by atoms with van der Waals surface area (Å²) in [5, 5.41) is 2.90. The average Bonchev–Trinajstić information content (AvgIpc) is 2.61. The van der Waals surface area contributed by atoms with Gasteiger partial charge in [0.1, 0.15) is 5.75 Å². The second kappa shape index (κ2) is 8.34. The highest BCUT2D eigenvalue weighted by Crippen LogP contribution is 2.20. The van der Waals surface area contributed by atoms with Crippen molar-refractivity contribution >= 4 is 5.91 Å². The quantitative estimate of drug-likeness (QED) is 0.838. The Labute approximate surface area is 141 Å². The maximum absolute atomic E-state index is 13.7. The summed E-state index contributed by atoms with van der Waals surface area (Å²) in [4.78, 5) is 12.4. The smallest absolute Gasteiger partial charge is 0.261 e. The fourth-order valence-electron chi connectivity index (χ4n) is 2.30. The van der Waals surface area contributed by atoms with Gasteiger partial charge in [-0.15, -0.1) is 0 Å². The van der Waals surface area contributed by atoms with E-state index >= 15 is 0 Å². The number of hydrogen-bond donors (Lipinski definition) is 1. The topological polar surface area (TPSA) is 47.6 Å². The molecule has 0 aliphatic carbocycles. The van der Waals surface area contributed by atoms with Crippen molar-refractivity contribution in [2.75, 3.05) is 7.11 Å². The Morgan fingerprint density at radius 3 is 2.42 bits per heavy atom. The molecule has 0 radical (unpaired) electrons. The second-order valence-corrected chi connectivity index (χ2v) is 5.45. The summed E-state index contributed by atoms with van der Waals surface area (Å²) < 4.78 is 24.3. The van der Waals surface area contributed by atoms with Gasteiger partial charge in [0.2, 0.25) is 0 Å². The number of carbonyl (C=O) groups excluding carboxylic acids is 1. The fraction of sp³-hybridized carbons (Fsp3) is 0.316. The lowest BCUT2D eigenvalue weighted by Gasteiger charge is -2.21. The van der Waals surface area contributed by atoms with Crippen LogP contribution in [0.1, 0.15) is 31.9 Å². The molecule has 2 aromatic carbocycles. The third-order valence-electron chi connectivity index (χ3n) is 3.74. The van der Waals surface area contributed by atoms with Crippen LogP contribution in [0.2, 0.25) is 0 Å². The van der Waals surface area contributed by atoms with Crippen LogP contribution in [0.5, 0.6) is 11.5 Å². The molecule has 0 unspecified atom stereocenters. The SMILES string of the molecule is CC[C@H](Oc1ccccc1F)C(=O)N[C@@H](C)c1ccc(OC)cc1. The van der Waals surface area contributed by atoms with Crippen LogP contribution in [0.25, 0.3) is 0 Å². The minimum absolute atomic E-state index is 0.0802. The molecule has 0 spiro atoms. The van der Waals surface area contributed by atoms with E-state index in [9.17, 15) is 9.18 Å². The summed E-state index contributed by atoms with van der Waals surface area (Å²) in [5.74, 6) is 0.0826. The summed E-state index contributed by atoms with van der Waals surface area (Å²) in [5.41, 5.74) is 0.949. The van der Waals surface area contributed by atoms with E-state index in [2.05, 4.69) is 5.32 Å². The van der Waals surface area contributed by atoms with Crippen molar-refractivity contribution in [3.05, 3.63) is 59.9 Å². The number of ether oxygens (including phenoxy) is 2. The Morgan fingerprint density at radius 2 is 1.83 bits per heavy atom. The largest absolute Gasteiger partial charge is 0.497 e. The van der Waals surface area contributed by atoms with Crippen LogP contribution in [-0.4, -0.2) is 19.1 Å². The lowest BCUT2D eigenvalue weighted by molar-refractivity contribution is -0.128. The molecular weight excluding hydrogens is 309 g/mol. The van der Waals surface area contributed by atoms with E-state index in [1.165, 1.54) is 12.1 Å². The summed E-state index contributed by atoms with van der Waals surface area (Å²) in [6.45, 7) is 3.71. The maximum atomic E-state index is 13.7. The number of benzene rings is 2. The Kier molecular flexibility index (Phi) is 6.18. The normalized spacial score (nSPS) is 13.0. The highest BCUT2D eigenvalue weighted by atomic mass is 19.1. The van der Waals surface area contributed by atoms with E-state index in [0.29, 0.717) is 6.42 Å². The molecule has 0 aromatic heterocycles. The van der Waals surface area contributed by atoms with Gasteiger partial charge in [-0.05, 0) is 43.2 Å². The van der Waals surface area contributed by atoms with E-state index < -0.39 is 11.9 Å². The number of hydrogen-bond acceptors (Lipinski definition) is 3. The molecule has 0 heterocycles. The van der Waals surface area contributed by atoms with Crippen molar-refractivity contribution in [3.63, 3.8) is 0 Å². The molecule has 0 fully saturated rings. The summed E-state index contributed by atoms with van der Waals surface area (Å²) in [6, 6.07) is 13.3. The van der Waals surface area contributed by atoms with Gasteiger partial charge in [-0.1, -0.05) is 31.2 Å². The molecule has 0 bridgehead atoms. The van der Waals surface area contributed by atoms with Gasteiger partial charge in [-0.2, -0.15) is 0 Å². The van der Waals surface area contributed by atoms with Crippen molar-refractivity contribution in [2.45, 2.75) is 32.4 Å². The van der Waals surface area contributed by atoms with Gasteiger partial charge in [0.25, 0.3) is 5.91 Å². The van der Waals surface area contributed by atoms with Crippen LogP contribution in [0.3, 0.4) is 0 Å². The zero-order chi connectivity index (χ0) is 17.5. The van der Waals surface area contributed by atoms with Crippen LogP contribution in [0, 0.1) is 5.82 Å². The van der Waals surface area contributed by atoms with E-state index in [1.54, 1.807) is 19.2 Å². The predicted molar refractivity (Wildman–Crippen MR) is 90.7 cm³/mol. The molecule has 1 N–H and O–H groups in total. The van der Waals surface area contributed by atoms with Gasteiger partial charge in [0.15, 0.2) is 17.7 Å². The molecule has 2 rings (SSSR count). The van der Waals surface area contributed by atoms with Crippen molar-refractivity contribution in [1.29, 1.82) is 0 Å². The van der Waals surface area contributed by atoms with E-state index in [1.807, 2.05) is 38.1 Å². The van der Waals surface area contributed by atoms with Crippen LogP contribution in [0.15, 0.2) is 48.5 Å². The molecule has 1 amide bonds. The highest BCUT2D eigenvalue weighted by Gasteiger charge is 2.21. The maximum Gasteiger partial charge on any atom is 0.261 e. The lowest BCUT2D eigenvalue weighted by atomic mass is 10.1. The van der Waals surface area contributed by atoms with E-state index in [4.69, 9.17) is 9.47 Å². The van der Waals surface area contributed by atoms with Gasteiger partial charge in [-0.25, -0.2) is 4.39 Å². The Bertz CT molecular complexity index is 673. The van der Waals surface area contributed by atoms with Gasteiger partial charge in [-0.3, -0.25) is 4.79 Å². The number of rotatable bonds is 7. The summed E-state index contributed by atoms with van der Waals surface area (Å²) in [6.07, 6.45) is -0.308. The molecule has 0 saturated carbocycles. The molecule has 2 atom stereocenters. The third-order valence-corrected chi connectivity index (χ3v) is 3.74. The number of amides is 1. The summed E-state index contributed by atoms with van der Waals surface area (Å²) in [7, 11) is 1.60. The monoisotopic (exact) mass is 331 g/mol. The molecule has 0 aliphatic heterocycles. The highest BCUT2D eigenvalue weighted by molar-refractivity contribution is 5.81. The Balaban J connectivity index is 2.01. The lowest BCUT2D eigenvalue weighted by Crippen LogP contribution is -2.39. The minimum Gasteiger partial charge on any atom is -0.497 e. The molecule has 0 aliphatic rings. The van der Waals surface area contributed by atoms with Crippen molar-refractivity contribution in [3.8, 4) is 11.5 Å². The number of halogens is 1. The first-order chi connectivity index (χ1) is 11.5. The van der Waals surface area contributed by atoms with Gasteiger partial charge < -0.3 is 14.8 Å². The van der Waals surface area contributed by atoms with E-state index in [0.717, 1.165) is 11.3 Å². The molecule has 0 saturated heterocycles. The number of carbonyl (C=O) groups is 1. The second-order valence-electron chi connectivity index (χ2n) is 5.45. The molecule has 2 aromatic rings. The van der Waals surface area contributed by atoms with Gasteiger partial charge >= 0.3 is 0 Å². The molecule has 24 heavy (non-hydrogen) atoms. The summed E-state index contributed by atoms with van der Waals surface area (Å²) >= 11 is 0. The van der Waals surface area contributed by atoms with Gasteiger partial charge in [0.05, 0.1) is 13.2 Å². The molecule has 128 valence electrons. The fourth-order valence-corrected chi connectivity index (χ4v) is 2.30. The van der Waals surface area contributed by atoms with Gasteiger partial charge in [0, 0.05) is 0 Å². The van der Waals surface area contributed by atoms with Crippen LogP contribution >= 0.6 is 0 Å². The number of nitrogens with one attached hydrogen (secondary N) is 1. The van der Waals surface area contributed by atoms with Crippen molar-refractivity contribution in [1.82, 2.24) is 5.32 Å². The standard InChI is InChI=1S/C19H22FNO3/c1-4-17(24-18-8-6-5-7-16(18)20)19(22)21-13(2)14-9-11-15(23-3)12-10-14/h5-13,17H,4H2,1-3H3,(H,21,22)/t13-,17-/m0/s1. The molecule has 4 nitrogen and oxygen atoms in total. The minimum atomic E-state index is -0.748. The van der Waals surface area contributed by atoms with Crippen molar-refractivity contribution < 1.29 is 18.7 Å². The van der Waals surface area contributed by atoms with Crippen LogP contribution in [0.4, 0.5) is 4.39 Å². The Morgan fingerprint density at radius 1 is 1.17 bits per heavy atom. The molecular formula is C19H22FNO3. The van der Waals surface area contributed by atoms with Crippen LogP contribution in [-0.2, 0) is 4.79 Å². The third kappa shape index (κ3) is 4.47. The molecule has 5 heteroatoms.